The minimum absolute atomic E-state index is 0. The third kappa shape index (κ3) is 7.82. The monoisotopic (exact) mass is 841 g/mol. The molecular weight excluding hydrogens is 804 g/mol. The van der Waals surface area contributed by atoms with Crippen LogP contribution in [0.4, 0.5) is 8.78 Å². The van der Waals surface area contributed by atoms with E-state index in [0.717, 1.165) is 71.0 Å². The summed E-state index contributed by atoms with van der Waals surface area (Å²) in [5.41, 5.74) is 4.37. The van der Waals surface area contributed by atoms with Crippen LogP contribution in [-0.2, 0) is 38.1 Å². The highest BCUT2D eigenvalue weighted by Gasteiger charge is 2.35. The molecule has 0 aliphatic carbocycles. The van der Waals surface area contributed by atoms with E-state index in [2.05, 4.69) is 61.3 Å². The van der Waals surface area contributed by atoms with E-state index in [0.29, 0.717) is 0 Å². The Balaban J connectivity index is 0.000000188. The minimum Gasteiger partial charge on any atom is -1.00 e. The van der Waals surface area contributed by atoms with E-state index in [1.165, 1.54) is 68.7 Å². The Kier molecular flexibility index (Phi) is 11.3. The van der Waals surface area contributed by atoms with Crippen LogP contribution in [0.3, 0.4) is 0 Å². The highest BCUT2D eigenvalue weighted by Crippen LogP contribution is 2.44. The number of benzene rings is 4. The average Bonchev–Trinajstić information content (AvgIpc) is 4.01. The largest absolute Gasteiger partial charge is 1.00 e. The zero-order valence-electron chi connectivity index (χ0n) is 31.2. The van der Waals surface area contributed by atoms with E-state index in [-0.39, 0.29) is 42.4 Å². The van der Waals surface area contributed by atoms with E-state index in [1.54, 1.807) is 21.3 Å². The van der Waals surface area contributed by atoms with Gasteiger partial charge < -0.3 is 45.8 Å². The predicted molar refractivity (Wildman–Crippen MR) is 199 cm³/mol. The van der Waals surface area contributed by atoms with Gasteiger partial charge in [-0.05, 0) is 53.6 Å². The van der Waals surface area contributed by atoms with E-state index in [4.69, 9.17) is 23.7 Å². The van der Waals surface area contributed by atoms with Crippen molar-refractivity contribution in [2.24, 2.45) is 0 Å². The first-order chi connectivity index (χ1) is 27.3. The zero-order valence-corrected chi connectivity index (χ0v) is 32.8. The van der Waals surface area contributed by atoms with Crippen LogP contribution >= 0.6 is 0 Å². The van der Waals surface area contributed by atoms with Gasteiger partial charge in [0.15, 0.2) is 35.7 Å². The van der Waals surface area contributed by atoms with Gasteiger partial charge in [-0.1, -0.05) is 18.2 Å². The SMILES string of the molecule is COc1ccc(Cc2c3[n+](cc4c(OC)c(OC)ccc24)CCc2cc4c(cc2-3)OCO4)cc1.OC(Cn1cncn1)(Cn1cncn1)c1ccc(F)cc1F.[Br-]. The van der Waals surface area contributed by atoms with Crippen molar-refractivity contribution in [2.75, 3.05) is 28.1 Å². The Morgan fingerprint density at radius 2 is 1.53 bits per heavy atom. The van der Waals surface area contributed by atoms with Crippen molar-refractivity contribution in [3.63, 3.8) is 0 Å². The van der Waals surface area contributed by atoms with Crippen LogP contribution in [0.15, 0.2) is 98.2 Å². The summed E-state index contributed by atoms with van der Waals surface area (Å²) in [4.78, 5) is 7.57. The van der Waals surface area contributed by atoms with E-state index < -0.39 is 17.2 Å². The molecule has 0 unspecified atom stereocenters. The number of aliphatic hydroxyl groups is 1. The van der Waals surface area contributed by atoms with Crippen molar-refractivity contribution >= 4 is 10.8 Å². The Morgan fingerprint density at radius 3 is 2.14 bits per heavy atom. The molecule has 3 aromatic heterocycles. The topological polar surface area (TPSA) is 132 Å². The van der Waals surface area contributed by atoms with Crippen molar-refractivity contribution < 1.29 is 59.1 Å². The van der Waals surface area contributed by atoms with Gasteiger partial charge in [-0.3, -0.25) is 0 Å². The van der Waals surface area contributed by atoms with Gasteiger partial charge in [0.1, 0.15) is 48.3 Å². The lowest BCUT2D eigenvalue weighted by molar-refractivity contribution is -0.686. The highest BCUT2D eigenvalue weighted by atomic mass is 79.9. The maximum absolute atomic E-state index is 14.1. The van der Waals surface area contributed by atoms with Gasteiger partial charge in [-0.25, -0.2) is 28.1 Å². The molecule has 5 heterocycles. The lowest BCUT2D eigenvalue weighted by Gasteiger charge is -2.28. The summed E-state index contributed by atoms with van der Waals surface area (Å²) in [7, 11) is 5.06. The van der Waals surface area contributed by atoms with Gasteiger partial charge in [0.25, 0.3) is 0 Å². The molecule has 57 heavy (non-hydrogen) atoms. The molecule has 2 aliphatic rings. The first-order valence-corrected chi connectivity index (χ1v) is 17.8. The predicted octanol–water partition coefficient (Wildman–Crippen LogP) is 2.44. The van der Waals surface area contributed by atoms with E-state index in [9.17, 15) is 13.9 Å². The van der Waals surface area contributed by atoms with Crippen molar-refractivity contribution in [1.29, 1.82) is 0 Å². The summed E-state index contributed by atoms with van der Waals surface area (Å²) in [6, 6.07) is 19.7. The number of rotatable bonds is 10. The number of ether oxygens (including phenoxy) is 5. The molecule has 294 valence electrons. The molecule has 7 aromatic rings. The third-order valence-corrected chi connectivity index (χ3v) is 10.00. The number of hydrogen-bond acceptors (Lipinski definition) is 10. The van der Waals surface area contributed by atoms with Crippen molar-refractivity contribution in [1.82, 2.24) is 29.5 Å². The molecule has 13 nitrogen and oxygen atoms in total. The fourth-order valence-electron chi connectivity index (χ4n) is 7.39. The molecule has 0 radical (unpaired) electrons. The number of aryl methyl sites for hydroxylation is 2. The van der Waals surface area contributed by atoms with Crippen LogP contribution in [0.2, 0.25) is 0 Å². The van der Waals surface area contributed by atoms with Crippen LogP contribution in [0, 0.1) is 11.6 Å². The van der Waals surface area contributed by atoms with Crippen LogP contribution in [-0.4, -0.2) is 62.8 Å². The molecule has 0 saturated carbocycles. The van der Waals surface area contributed by atoms with Gasteiger partial charge in [0.2, 0.25) is 12.5 Å². The van der Waals surface area contributed by atoms with E-state index in [1.807, 2.05) is 18.2 Å². The Labute approximate surface area is 336 Å². The van der Waals surface area contributed by atoms with Crippen LogP contribution in [0.25, 0.3) is 22.0 Å². The van der Waals surface area contributed by atoms with E-state index >= 15 is 0 Å². The summed E-state index contributed by atoms with van der Waals surface area (Å²) in [5, 5.41) is 21.0. The summed E-state index contributed by atoms with van der Waals surface area (Å²) in [6.07, 6.45) is 9.27. The normalized spacial score (nSPS) is 12.5. The van der Waals surface area contributed by atoms with Crippen LogP contribution in [0.1, 0.15) is 22.3 Å². The summed E-state index contributed by atoms with van der Waals surface area (Å²) in [6.45, 7) is 0.990. The molecule has 0 atom stereocenters. The number of fused-ring (bicyclic) bond motifs is 5. The summed E-state index contributed by atoms with van der Waals surface area (Å²) < 4.78 is 60.5. The summed E-state index contributed by atoms with van der Waals surface area (Å²) in [5.74, 6) is 2.40. The lowest BCUT2D eigenvalue weighted by Crippen LogP contribution is -3.00. The standard InChI is InChI=1S/C28H26NO5.C13H12F2N6O.BrH/c1-30-19-6-4-17(5-7-19)12-22-20-8-9-24(31-2)28(32-3)23(20)15-29-11-10-18-13-25-26(34-16-33-25)14-21(18)27(22)29;14-10-1-2-11(12(15)3-10)13(22,4-20-8-16-6-18-20)5-21-9-17-7-19-21;/h4-9,13-15H,10-12,16H2,1-3H3;1-3,6-9,22H,4-5H2;1H/q+1;;/p-1. The fourth-order valence-corrected chi connectivity index (χ4v) is 7.39. The van der Waals surface area contributed by atoms with Gasteiger partial charge in [-0.2, -0.15) is 14.8 Å². The maximum Gasteiger partial charge on any atom is 0.231 e. The molecule has 2 aliphatic heterocycles. The first kappa shape index (κ1) is 39.1. The van der Waals surface area contributed by atoms with Crippen LogP contribution < -0.4 is 45.2 Å². The number of halogens is 3. The minimum atomic E-state index is -1.70. The molecule has 16 heteroatoms. The molecule has 0 fully saturated rings. The fraction of sp³-hybridized carbons (Fsp3) is 0.244. The maximum atomic E-state index is 14.1. The quantitative estimate of drug-likeness (QED) is 0.205. The first-order valence-electron chi connectivity index (χ1n) is 17.8. The Bertz CT molecular complexity index is 2470. The van der Waals surface area contributed by atoms with Gasteiger partial charge in [0, 0.05) is 35.4 Å². The number of aromatic nitrogens is 7. The second kappa shape index (κ2) is 16.5. The van der Waals surface area contributed by atoms with Crippen LogP contribution in [0.5, 0.6) is 28.7 Å². The zero-order chi connectivity index (χ0) is 38.8. The van der Waals surface area contributed by atoms with Crippen molar-refractivity contribution in [3.05, 3.63) is 132 Å². The Hall–Kier alpha value is -6.13. The second-order valence-electron chi connectivity index (χ2n) is 13.4. The van der Waals surface area contributed by atoms with Gasteiger partial charge >= 0.3 is 0 Å². The van der Waals surface area contributed by atoms with Gasteiger partial charge in [-0.15, -0.1) is 0 Å². The molecular formula is C41H38BrF2N7O6. The van der Waals surface area contributed by atoms with Gasteiger partial charge in [0.05, 0.1) is 45.4 Å². The number of pyridine rings is 1. The Morgan fingerprint density at radius 1 is 0.825 bits per heavy atom. The van der Waals surface area contributed by atoms with Crippen molar-refractivity contribution in [3.8, 4) is 40.0 Å². The average molecular weight is 843 g/mol. The molecule has 9 rings (SSSR count). The molecule has 4 aromatic carbocycles. The molecule has 0 saturated heterocycles. The third-order valence-electron chi connectivity index (χ3n) is 10.00. The summed E-state index contributed by atoms with van der Waals surface area (Å²) >= 11 is 0. The lowest BCUT2D eigenvalue weighted by atomic mass is 9.88. The number of methoxy groups -OCH3 is 3. The molecule has 0 spiro atoms. The second-order valence-corrected chi connectivity index (χ2v) is 13.4. The highest BCUT2D eigenvalue weighted by molar-refractivity contribution is 5.95. The molecule has 0 bridgehead atoms. The molecule has 1 N–H and O–H groups in total. The number of hydrogen-bond donors (Lipinski definition) is 1. The van der Waals surface area contributed by atoms with Crippen molar-refractivity contribution in [2.45, 2.75) is 38.1 Å². The smallest absolute Gasteiger partial charge is 0.231 e. The molecule has 0 amide bonds. The number of nitrogens with zero attached hydrogens (tertiary/aromatic N) is 7.